The van der Waals surface area contributed by atoms with Gasteiger partial charge in [0.25, 0.3) is 0 Å². The van der Waals surface area contributed by atoms with Crippen LogP contribution in [-0.4, -0.2) is 27.2 Å². The van der Waals surface area contributed by atoms with Crippen LogP contribution in [-0.2, 0) is 36.0 Å². The van der Waals surface area contributed by atoms with Crippen molar-refractivity contribution in [1.29, 1.82) is 0 Å². The Labute approximate surface area is 172 Å². The predicted octanol–water partition coefficient (Wildman–Crippen LogP) is 3.36. The van der Waals surface area contributed by atoms with Crippen molar-refractivity contribution in [2.45, 2.75) is 0 Å². The van der Waals surface area contributed by atoms with Gasteiger partial charge in [-0.25, -0.2) is 0 Å². The first-order valence-corrected chi connectivity index (χ1v) is 6.67. The molecule has 0 fully saturated rings. The van der Waals surface area contributed by atoms with Gasteiger partial charge in [0.15, 0.2) is 0 Å². The van der Waals surface area contributed by atoms with Crippen LogP contribution in [0.15, 0.2) is 91.0 Å². The Morgan fingerprint density at radius 1 is 0.333 bits per heavy atom. The van der Waals surface area contributed by atoms with Gasteiger partial charge in [-0.15, -0.1) is 0 Å². The molecular weight excluding hydrogens is 387 g/mol. The van der Waals surface area contributed by atoms with Crippen molar-refractivity contribution in [3.63, 3.8) is 0 Å². The van der Waals surface area contributed by atoms with Gasteiger partial charge >= 0.3 is 0 Å². The molecule has 0 aliphatic carbocycles. The van der Waals surface area contributed by atoms with Crippen LogP contribution in [0.25, 0.3) is 0 Å². The third-order valence-electron chi connectivity index (χ3n) is 1.82. The Bertz CT molecular complexity index is 362. The van der Waals surface area contributed by atoms with Crippen LogP contribution in [0.4, 0.5) is 0 Å². The summed E-state index contributed by atoms with van der Waals surface area (Å²) in [4.78, 5) is 31.0. The third-order valence-corrected chi connectivity index (χ3v) is 1.82. The summed E-state index contributed by atoms with van der Waals surface area (Å²) in [5, 5.41) is 0. The standard InChI is InChI=1S/3C6H5.4CHO.Co/c3*1-2-4-6-5-3-1;4*1-2;/h3*1-5H;4*1H;/q7*-1;. The molecule has 0 aliphatic heterocycles. The predicted molar refractivity (Wildman–Crippen MR) is 103 cm³/mol. The van der Waals surface area contributed by atoms with Crippen LogP contribution in [0.5, 0.6) is 0 Å². The van der Waals surface area contributed by atoms with E-state index in [1.807, 2.05) is 91.0 Å². The second kappa shape index (κ2) is 49.5. The number of hydrogen-bond acceptors (Lipinski definition) is 4. The minimum atomic E-state index is 0. The Morgan fingerprint density at radius 2 is 0.481 bits per heavy atom. The summed E-state index contributed by atoms with van der Waals surface area (Å²) < 4.78 is 0. The zero-order chi connectivity index (χ0) is 20.7. The van der Waals surface area contributed by atoms with Crippen LogP contribution in [0.3, 0.4) is 0 Å². The summed E-state index contributed by atoms with van der Waals surface area (Å²) in [6.45, 7) is 13.0. The fraction of sp³-hybridized carbons (Fsp3) is 0. The quantitative estimate of drug-likeness (QED) is 0.424. The van der Waals surface area contributed by atoms with Crippen molar-refractivity contribution in [3.8, 4) is 0 Å². The van der Waals surface area contributed by atoms with Crippen molar-refractivity contribution in [2.75, 3.05) is 0 Å². The molecule has 0 N–H and O–H groups in total. The van der Waals surface area contributed by atoms with Crippen molar-refractivity contribution in [2.24, 2.45) is 0 Å². The Hall–Kier alpha value is -3.15. The molecule has 0 saturated heterocycles. The van der Waals surface area contributed by atoms with Gasteiger partial charge in [-0.05, 0) is 0 Å². The van der Waals surface area contributed by atoms with E-state index < -0.39 is 0 Å². The largest absolute Gasteiger partial charge is 0.545 e. The van der Waals surface area contributed by atoms with Crippen molar-refractivity contribution in [1.82, 2.24) is 0 Å². The SMILES string of the molecule is [CH-]=O.[CH-]=O.[CH-]=O.[CH-]=O.[Co].[c-]1ccccc1.[c-]1ccccc1.[c-]1ccccc1. The van der Waals surface area contributed by atoms with Crippen molar-refractivity contribution < 1.29 is 36.0 Å². The molecule has 27 heavy (non-hydrogen) atoms. The van der Waals surface area contributed by atoms with Gasteiger partial charge in [-0.3, -0.25) is 27.2 Å². The van der Waals surface area contributed by atoms with Crippen LogP contribution >= 0.6 is 0 Å². The molecule has 0 spiro atoms. The molecule has 0 unspecified atom stereocenters. The number of rotatable bonds is 0. The number of carbonyl (C=O) groups excluding carboxylic acids is 4. The summed E-state index contributed by atoms with van der Waals surface area (Å²) >= 11 is 0. The van der Waals surface area contributed by atoms with E-state index in [4.69, 9.17) is 19.2 Å². The molecule has 0 saturated carbocycles. The molecule has 0 bridgehead atoms. The van der Waals surface area contributed by atoms with E-state index in [0.717, 1.165) is 0 Å². The van der Waals surface area contributed by atoms with E-state index in [2.05, 4.69) is 45.4 Å². The first-order valence-electron chi connectivity index (χ1n) is 6.67. The molecule has 0 amide bonds. The zero-order valence-corrected chi connectivity index (χ0v) is 15.5. The molecule has 3 aromatic rings. The van der Waals surface area contributed by atoms with Gasteiger partial charge < -0.3 is 19.2 Å². The fourth-order valence-corrected chi connectivity index (χ4v) is 1.03. The summed E-state index contributed by atoms with van der Waals surface area (Å²) in [6, 6.07) is 37.5. The van der Waals surface area contributed by atoms with Gasteiger partial charge in [-0.2, -0.15) is 109 Å². The normalized spacial score (nSPS) is 5.93. The smallest absolute Gasteiger partial charge is 0 e. The van der Waals surface area contributed by atoms with Crippen molar-refractivity contribution >= 4 is 27.2 Å². The molecule has 4 nitrogen and oxygen atoms in total. The summed E-state index contributed by atoms with van der Waals surface area (Å²) in [5.74, 6) is 0. The molecule has 5 heteroatoms. The average Bonchev–Trinajstić information content (AvgIpc) is 2.83. The van der Waals surface area contributed by atoms with Crippen LogP contribution in [0.2, 0.25) is 0 Å². The fourth-order valence-electron chi connectivity index (χ4n) is 1.03. The first-order chi connectivity index (χ1) is 13.0. The van der Waals surface area contributed by atoms with Gasteiger partial charge in [0, 0.05) is 16.8 Å². The Kier molecular flexibility index (Phi) is 64.2. The topological polar surface area (TPSA) is 68.3 Å². The average molecular weight is 406 g/mol. The summed E-state index contributed by atoms with van der Waals surface area (Å²) in [5.41, 5.74) is 0. The monoisotopic (exact) mass is 406 g/mol. The van der Waals surface area contributed by atoms with E-state index in [1.54, 1.807) is 0 Å². The Balaban J connectivity index is -0.0000000746. The number of hydrogen-bond donors (Lipinski definition) is 0. The van der Waals surface area contributed by atoms with E-state index in [-0.39, 0.29) is 16.8 Å². The van der Waals surface area contributed by atoms with Crippen molar-refractivity contribution in [3.05, 3.63) is 109 Å². The molecule has 3 rings (SSSR count). The molecule has 0 heterocycles. The maximum Gasteiger partial charge on any atom is 0 e. The van der Waals surface area contributed by atoms with Crippen LogP contribution in [0.1, 0.15) is 0 Å². The molecule has 0 aromatic heterocycles. The molecule has 1 radical (unpaired) electrons. The van der Waals surface area contributed by atoms with Gasteiger partial charge in [0.1, 0.15) is 0 Å². The third kappa shape index (κ3) is 45.0. The second-order valence-corrected chi connectivity index (χ2v) is 3.23. The second-order valence-electron chi connectivity index (χ2n) is 3.23. The molecule has 147 valence electrons. The van der Waals surface area contributed by atoms with Crippen LogP contribution < -0.4 is 0 Å². The van der Waals surface area contributed by atoms with Gasteiger partial charge in [-0.1, -0.05) is 0 Å². The molecular formula is C22H19CoO4-7. The summed E-state index contributed by atoms with van der Waals surface area (Å²) in [7, 11) is 0. The minimum Gasteiger partial charge on any atom is -0.545 e. The van der Waals surface area contributed by atoms with Crippen LogP contribution in [0, 0.1) is 18.2 Å². The van der Waals surface area contributed by atoms with E-state index >= 15 is 0 Å². The molecule has 0 aliphatic rings. The van der Waals surface area contributed by atoms with E-state index in [1.165, 1.54) is 0 Å². The molecule has 3 aromatic carbocycles. The van der Waals surface area contributed by atoms with Gasteiger partial charge in [0.2, 0.25) is 0 Å². The molecule has 0 atom stereocenters. The zero-order valence-electron chi connectivity index (χ0n) is 14.4. The first kappa shape index (κ1) is 35.0. The maximum atomic E-state index is 7.75. The van der Waals surface area contributed by atoms with E-state index in [0.29, 0.717) is 0 Å². The Morgan fingerprint density at radius 3 is 0.519 bits per heavy atom. The maximum absolute atomic E-state index is 7.75. The summed E-state index contributed by atoms with van der Waals surface area (Å²) in [6.07, 6.45) is 0. The van der Waals surface area contributed by atoms with Gasteiger partial charge in [0.05, 0.1) is 0 Å². The minimum absolute atomic E-state index is 0. The van der Waals surface area contributed by atoms with E-state index in [9.17, 15) is 0 Å². The number of benzene rings is 3.